The van der Waals surface area contributed by atoms with Gasteiger partial charge in [-0.15, -0.1) is 0 Å². The first kappa shape index (κ1) is 13.2. The lowest BCUT2D eigenvalue weighted by Crippen LogP contribution is -2.09. The van der Waals surface area contributed by atoms with Crippen LogP contribution in [0.4, 0.5) is 8.78 Å². The largest absolute Gasteiger partial charge is 0.292 e. The zero-order valence-electron chi connectivity index (χ0n) is 10.5. The summed E-state index contributed by atoms with van der Waals surface area (Å²) in [4.78, 5) is 4.10. The molecule has 0 aromatic carbocycles. The van der Waals surface area contributed by atoms with Crippen molar-refractivity contribution in [2.45, 2.75) is 44.4 Å². The van der Waals surface area contributed by atoms with Crippen LogP contribution in [0.1, 0.15) is 43.4 Å². The van der Waals surface area contributed by atoms with E-state index in [1.54, 1.807) is 6.07 Å². The molecule has 1 aromatic rings. The molecule has 0 atom stereocenters. The minimum Gasteiger partial charge on any atom is -0.261 e. The molecule has 1 heterocycles. The van der Waals surface area contributed by atoms with Gasteiger partial charge in [0.05, 0.1) is 0 Å². The van der Waals surface area contributed by atoms with Gasteiger partial charge in [-0.2, -0.15) is 8.78 Å². The Morgan fingerprint density at radius 1 is 1.33 bits per heavy atom. The number of pyridine rings is 1. The number of hydrogen-bond acceptors (Lipinski definition) is 1. The number of nitrogens with zero attached hydrogens (tertiary/aromatic N) is 1. The highest BCUT2D eigenvalue weighted by Gasteiger charge is 2.27. The molecule has 1 saturated carbocycles. The fourth-order valence-corrected chi connectivity index (χ4v) is 2.03. The molecule has 0 bridgehead atoms. The molecule has 0 spiro atoms. The lowest BCUT2D eigenvalue weighted by molar-refractivity contribution is 0.0521. The predicted octanol–water partition coefficient (Wildman–Crippen LogP) is 4.48. The van der Waals surface area contributed by atoms with E-state index in [1.807, 2.05) is 0 Å². The van der Waals surface area contributed by atoms with Crippen LogP contribution in [0.15, 0.2) is 31.0 Å². The Kier molecular flexibility index (Phi) is 4.10. The van der Waals surface area contributed by atoms with Gasteiger partial charge in [0.15, 0.2) is 0 Å². The highest BCUT2D eigenvalue weighted by Crippen LogP contribution is 2.34. The van der Waals surface area contributed by atoms with E-state index in [-0.39, 0.29) is 5.56 Å². The zero-order chi connectivity index (χ0) is 13.0. The smallest absolute Gasteiger partial charge is 0.261 e. The lowest BCUT2D eigenvalue weighted by Gasteiger charge is -2.11. The summed E-state index contributed by atoms with van der Waals surface area (Å²) in [5, 5.41) is 0. The Morgan fingerprint density at radius 3 is 2.67 bits per heavy atom. The number of rotatable bonds is 7. The van der Waals surface area contributed by atoms with E-state index in [9.17, 15) is 8.78 Å². The van der Waals surface area contributed by atoms with Gasteiger partial charge in [0, 0.05) is 17.5 Å². The minimum absolute atomic E-state index is 0.0840. The van der Waals surface area contributed by atoms with E-state index in [4.69, 9.17) is 0 Å². The van der Waals surface area contributed by atoms with Gasteiger partial charge < -0.3 is 0 Å². The maximum absolute atomic E-state index is 13.3. The van der Waals surface area contributed by atoms with Crippen LogP contribution in [0.5, 0.6) is 0 Å². The third-order valence-corrected chi connectivity index (χ3v) is 3.46. The molecule has 98 valence electrons. The van der Waals surface area contributed by atoms with E-state index >= 15 is 0 Å². The SMILES string of the molecule is C=CC(F)(F)c1ccc(CCCCC2CC2)nc1. The second-order valence-corrected chi connectivity index (χ2v) is 5.05. The quantitative estimate of drug-likeness (QED) is 0.514. The maximum atomic E-state index is 13.3. The molecule has 1 aromatic heterocycles. The van der Waals surface area contributed by atoms with Crippen LogP contribution < -0.4 is 0 Å². The van der Waals surface area contributed by atoms with E-state index in [2.05, 4.69) is 11.6 Å². The van der Waals surface area contributed by atoms with Crippen LogP contribution >= 0.6 is 0 Å². The van der Waals surface area contributed by atoms with Crippen LogP contribution in [0, 0.1) is 5.92 Å². The third kappa shape index (κ3) is 3.62. The number of alkyl halides is 2. The predicted molar refractivity (Wildman–Crippen MR) is 68.6 cm³/mol. The first-order valence-corrected chi connectivity index (χ1v) is 6.58. The summed E-state index contributed by atoms with van der Waals surface area (Å²) < 4.78 is 26.5. The molecule has 0 aliphatic heterocycles. The summed E-state index contributed by atoms with van der Waals surface area (Å²) in [6, 6.07) is 3.15. The first-order chi connectivity index (χ1) is 8.62. The number of allylic oxidation sites excluding steroid dienone is 1. The zero-order valence-corrected chi connectivity index (χ0v) is 10.5. The molecule has 1 fully saturated rings. The lowest BCUT2D eigenvalue weighted by atomic mass is 10.1. The highest BCUT2D eigenvalue weighted by molar-refractivity contribution is 5.22. The van der Waals surface area contributed by atoms with Crippen molar-refractivity contribution in [1.82, 2.24) is 4.98 Å². The van der Waals surface area contributed by atoms with Gasteiger partial charge in [0.2, 0.25) is 0 Å². The van der Waals surface area contributed by atoms with E-state index in [0.717, 1.165) is 24.5 Å². The van der Waals surface area contributed by atoms with Gasteiger partial charge in [-0.1, -0.05) is 32.3 Å². The Balaban J connectivity index is 1.81. The average Bonchev–Trinajstić information content (AvgIpc) is 3.19. The van der Waals surface area contributed by atoms with Gasteiger partial charge in [-0.3, -0.25) is 4.98 Å². The van der Waals surface area contributed by atoms with Crippen molar-refractivity contribution >= 4 is 0 Å². The van der Waals surface area contributed by atoms with Gasteiger partial charge in [0.25, 0.3) is 5.92 Å². The van der Waals surface area contributed by atoms with Crippen molar-refractivity contribution in [3.63, 3.8) is 0 Å². The fourth-order valence-electron chi connectivity index (χ4n) is 2.03. The van der Waals surface area contributed by atoms with Gasteiger partial charge in [0.1, 0.15) is 0 Å². The van der Waals surface area contributed by atoms with Crippen LogP contribution in [0.3, 0.4) is 0 Å². The molecule has 0 unspecified atom stereocenters. The molecule has 1 nitrogen and oxygen atoms in total. The molecule has 1 aliphatic rings. The number of hydrogen-bond donors (Lipinski definition) is 0. The molecule has 0 N–H and O–H groups in total. The van der Waals surface area contributed by atoms with Crippen LogP contribution in [0.2, 0.25) is 0 Å². The average molecular weight is 251 g/mol. The van der Waals surface area contributed by atoms with Crippen LogP contribution in [-0.2, 0) is 12.3 Å². The molecule has 0 amide bonds. The maximum Gasteiger partial charge on any atom is 0.292 e. The minimum atomic E-state index is -2.97. The summed E-state index contributed by atoms with van der Waals surface area (Å²) in [5.74, 6) is -2.01. The van der Waals surface area contributed by atoms with E-state index < -0.39 is 5.92 Å². The molecular formula is C15H19F2N. The van der Waals surface area contributed by atoms with E-state index in [0.29, 0.717) is 6.08 Å². The second-order valence-electron chi connectivity index (χ2n) is 5.05. The number of halogens is 2. The van der Waals surface area contributed by atoms with Crippen molar-refractivity contribution in [3.05, 3.63) is 42.2 Å². The molecule has 1 aliphatic carbocycles. The molecule has 3 heteroatoms. The van der Waals surface area contributed by atoms with Crippen molar-refractivity contribution in [2.75, 3.05) is 0 Å². The van der Waals surface area contributed by atoms with Crippen molar-refractivity contribution in [3.8, 4) is 0 Å². The summed E-state index contributed by atoms with van der Waals surface area (Å²) in [6.45, 7) is 3.14. The second kappa shape index (κ2) is 5.59. The van der Waals surface area contributed by atoms with Crippen molar-refractivity contribution in [2.24, 2.45) is 5.92 Å². The van der Waals surface area contributed by atoms with Crippen LogP contribution in [0.25, 0.3) is 0 Å². The molecule has 2 rings (SSSR count). The third-order valence-electron chi connectivity index (χ3n) is 3.46. The topological polar surface area (TPSA) is 12.9 Å². The summed E-state index contributed by atoms with van der Waals surface area (Å²) in [6.07, 6.45) is 9.21. The monoisotopic (exact) mass is 251 g/mol. The highest BCUT2D eigenvalue weighted by atomic mass is 19.3. The molecule has 0 saturated heterocycles. The Morgan fingerprint density at radius 2 is 2.11 bits per heavy atom. The van der Waals surface area contributed by atoms with E-state index in [1.165, 1.54) is 37.9 Å². The molecule has 18 heavy (non-hydrogen) atoms. The van der Waals surface area contributed by atoms with Crippen molar-refractivity contribution in [1.29, 1.82) is 0 Å². The first-order valence-electron chi connectivity index (χ1n) is 6.58. The Hall–Kier alpha value is -1.25. The Bertz CT molecular complexity index is 393. The Labute approximate surface area is 107 Å². The number of unbranched alkanes of at least 4 members (excludes halogenated alkanes) is 1. The van der Waals surface area contributed by atoms with Gasteiger partial charge in [-0.05, 0) is 37.0 Å². The van der Waals surface area contributed by atoms with Gasteiger partial charge in [-0.25, -0.2) is 0 Å². The standard InChI is InChI=1S/C15H19F2N/c1-2-15(16,17)13-9-10-14(18-11-13)6-4-3-5-12-7-8-12/h2,9-12H,1,3-8H2. The van der Waals surface area contributed by atoms with Crippen LogP contribution in [-0.4, -0.2) is 4.98 Å². The fraction of sp³-hybridized carbons (Fsp3) is 0.533. The number of aromatic nitrogens is 1. The summed E-state index contributed by atoms with van der Waals surface area (Å²) in [5.41, 5.74) is 0.814. The normalized spacial score (nSPS) is 15.7. The number of aryl methyl sites for hydroxylation is 1. The van der Waals surface area contributed by atoms with Gasteiger partial charge >= 0.3 is 0 Å². The summed E-state index contributed by atoms with van der Waals surface area (Å²) in [7, 11) is 0. The molecule has 0 radical (unpaired) electrons. The summed E-state index contributed by atoms with van der Waals surface area (Å²) >= 11 is 0. The van der Waals surface area contributed by atoms with Crippen molar-refractivity contribution < 1.29 is 8.78 Å². The molecular weight excluding hydrogens is 232 g/mol.